The molecule has 4 aromatic rings. The van der Waals surface area contributed by atoms with Crippen LogP contribution in [-0.4, -0.2) is 73.0 Å². The number of hydrogen-bond donors (Lipinski definition) is 2. The molecule has 0 bridgehead atoms. The van der Waals surface area contributed by atoms with Gasteiger partial charge in [0.2, 0.25) is 5.91 Å². The maximum Gasteiger partial charge on any atom is 0.251 e. The Balaban J connectivity index is 1.17. The average molecular weight is 607 g/mol. The number of carbonyl (C=O) groups is 2. The maximum atomic E-state index is 14.2. The van der Waals surface area contributed by atoms with E-state index in [0.29, 0.717) is 25.2 Å². The highest BCUT2D eigenvalue weighted by molar-refractivity contribution is 5.98. The van der Waals surface area contributed by atoms with Crippen LogP contribution in [0.15, 0.2) is 97.1 Å². The average Bonchev–Trinajstić information content (AvgIpc) is 3.23. The number of amides is 2. The van der Waals surface area contributed by atoms with E-state index >= 15 is 0 Å². The fourth-order valence-electron chi connectivity index (χ4n) is 6.80. The zero-order valence-corrected chi connectivity index (χ0v) is 25.8. The highest BCUT2D eigenvalue weighted by atomic mass is 19.1. The minimum Gasteiger partial charge on any atom is -0.350 e. The summed E-state index contributed by atoms with van der Waals surface area (Å²) in [7, 11) is 0. The lowest BCUT2D eigenvalue weighted by Crippen LogP contribution is -2.50. The van der Waals surface area contributed by atoms with Crippen LogP contribution in [0.4, 0.5) is 4.39 Å². The summed E-state index contributed by atoms with van der Waals surface area (Å²) < 4.78 is 13.6. The summed E-state index contributed by atoms with van der Waals surface area (Å²) in [5.74, 6) is -0.263. The highest BCUT2D eigenvalue weighted by Crippen LogP contribution is 2.27. The molecule has 2 atom stereocenters. The van der Waals surface area contributed by atoms with Crippen LogP contribution < -0.4 is 10.6 Å². The molecular formula is C38H43FN4O2. The van der Waals surface area contributed by atoms with E-state index in [1.807, 2.05) is 17.0 Å². The Labute approximate surface area is 265 Å². The molecule has 6 nitrogen and oxygen atoms in total. The number of carbonyl (C=O) groups excluding carboxylic acids is 2. The molecule has 2 heterocycles. The van der Waals surface area contributed by atoms with Crippen LogP contribution in [0.5, 0.6) is 0 Å². The van der Waals surface area contributed by atoms with Crippen molar-refractivity contribution in [1.82, 2.24) is 20.4 Å². The van der Waals surface area contributed by atoms with Gasteiger partial charge < -0.3 is 20.4 Å². The first-order chi connectivity index (χ1) is 22.0. The summed E-state index contributed by atoms with van der Waals surface area (Å²) in [4.78, 5) is 31.9. The molecule has 2 saturated heterocycles. The summed E-state index contributed by atoms with van der Waals surface area (Å²) in [6.45, 7) is 4.70. The minimum absolute atomic E-state index is 0.0456. The smallest absolute Gasteiger partial charge is 0.251 e. The van der Waals surface area contributed by atoms with Gasteiger partial charge in [-0.3, -0.25) is 9.59 Å². The fraction of sp³-hybridized carbons (Fsp3) is 0.368. The number of halogens is 1. The first-order valence-corrected chi connectivity index (χ1v) is 16.4. The third-order valence-corrected chi connectivity index (χ3v) is 9.36. The number of hydrogen-bond acceptors (Lipinski definition) is 4. The van der Waals surface area contributed by atoms with Gasteiger partial charge in [0.1, 0.15) is 5.82 Å². The van der Waals surface area contributed by atoms with Gasteiger partial charge >= 0.3 is 0 Å². The molecule has 7 heteroatoms. The van der Waals surface area contributed by atoms with Gasteiger partial charge in [0.25, 0.3) is 5.91 Å². The summed E-state index contributed by atoms with van der Waals surface area (Å²) in [6, 6.07) is 30.4. The lowest BCUT2D eigenvalue weighted by Gasteiger charge is -2.31. The zero-order chi connectivity index (χ0) is 31.0. The van der Waals surface area contributed by atoms with Crippen molar-refractivity contribution in [3.05, 3.63) is 120 Å². The Morgan fingerprint density at radius 3 is 2.22 bits per heavy atom. The molecule has 234 valence electrons. The number of fused-ring (bicyclic) bond motifs is 1. The third kappa shape index (κ3) is 7.96. The number of nitrogens with one attached hydrogen (secondary N) is 2. The van der Waals surface area contributed by atoms with Crippen LogP contribution in [0.3, 0.4) is 0 Å². The Morgan fingerprint density at radius 1 is 0.844 bits per heavy atom. The Hall–Kier alpha value is -4.07. The molecule has 0 saturated carbocycles. The highest BCUT2D eigenvalue weighted by Gasteiger charge is 2.33. The molecule has 2 aliphatic rings. The lowest BCUT2D eigenvalue weighted by molar-refractivity contribution is -0.133. The van der Waals surface area contributed by atoms with Crippen LogP contribution in [0.1, 0.15) is 59.5 Å². The van der Waals surface area contributed by atoms with Gasteiger partial charge in [-0.2, -0.15) is 0 Å². The molecule has 0 radical (unpaired) electrons. The second-order valence-corrected chi connectivity index (χ2v) is 12.5. The third-order valence-electron chi connectivity index (χ3n) is 9.36. The van der Waals surface area contributed by atoms with E-state index in [4.69, 9.17) is 0 Å². The molecule has 2 aliphatic heterocycles. The number of piperidine rings is 1. The van der Waals surface area contributed by atoms with Crippen molar-refractivity contribution in [3.63, 3.8) is 0 Å². The standard InChI is InChI=1S/C38H43FN4O2/c39-33-17-16-30-24-32(15-14-31(30)25-33)37(44)40-26-34-18-23-43(38(45)36(41-34)19-22-42-20-8-3-9-21-42)27-35(28-10-4-1-5-11-28)29-12-6-2-7-13-29/h1-2,4-7,10-17,24-25,34-36,41H,3,8-9,18-23,26-27H2,(H,40,44). The van der Waals surface area contributed by atoms with E-state index in [1.165, 1.54) is 42.5 Å². The van der Waals surface area contributed by atoms with Crippen LogP contribution in [0.25, 0.3) is 10.8 Å². The monoisotopic (exact) mass is 606 g/mol. The number of benzene rings is 4. The predicted molar refractivity (Wildman–Crippen MR) is 178 cm³/mol. The molecule has 0 aliphatic carbocycles. The first-order valence-electron chi connectivity index (χ1n) is 16.4. The number of rotatable bonds is 10. The van der Waals surface area contributed by atoms with Crippen molar-refractivity contribution >= 4 is 22.6 Å². The summed E-state index contributed by atoms with van der Waals surface area (Å²) in [6.07, 6.45) is 5.18. The Kier molecular flexibility index (Phi) is 10.2. The molecule has 2 fully saturated rings. The predicted octanol–water partition coefficient (Wildman–Crippen LogP) is 5.98. The topological polar surface area (TPSA) is 64.7 Å². The van der Waals surface area contributed by atoms with Crippen molar-refractivity contribution < 1.29 is 14.0 Å². The normalized spacial score (nSPS) is 19.5. The van der Waals surface area contributed by atoms with Gasteiger partial charge in [0.15, 0.2) is 0 Å². The van der Waals surface area contributed by atoms with E-state index in [2.05, 4.69) is 64.1 Å². The zero-order valence-electron chi connectivity index (χ0n) is 25.8. The summed E-state index contributed by atoms with van der Waals surface area (Å²) in [5, 5.41) is 8.34. The first kappa shape index (κ1) is 30.9. The molecule has 2 unspecified atom stereocenters. The van der Waals surface area contributed by atoms with E-state index in [1.54, 1.807) is 24.3 Å². The second-order valence-electron chi connectivity index (χ2n) is 12.5. The summed E-state index contributed by atoms with van der Waals surface area (Å²) >= 11 is 0. The Morgan fingerprint density at radius 2 is 1.51 bits per heavy atom. The second kappa shape index (κ2) is 14.8. The molecule has 45 heavy (non-hydrogen) atoms. The van der Waals surface area contributed by atoms with Crippen molar-refractivity contribution in [2.45, 2.75) is 50.1 Å². The molecular weight excluding hydrogens is 563 g/mol. The molecule has 6 rings (SSSR count). The van der Waals surface area contributed by atoms with Gasteiger partial charge in [-0.1, -0.05) is 79.2 Å². The largest absolute Gasteiger partial charge is 0.350 e. The van der Waals surface area contributed by atoms with Crippen molar-refractivity contribution in [2.75, 3.05) is 39.3 Å². The molecule has 2 amide bonds. The van der Waals surface area contributed by atoms with Gasteiger partial charge in [-0.15, -0.1) is 0 Å². The SMILES string of the molecule is O=C(NCC1CCN(CC(c2ccccc2)c2ccccc2)C(=O)C(CCN2CCCCC2)N1)c1ccc2cc(F)ccc2c1. The van der Waals surface area contributed by atoms with Gasteiger partial charge in [-0.25, -0.2) is 4.39 Å². The Bertz CT molecular complexity index is 1540. The molecule has 2 N–H and O–H groups in total. The number of likely N-dealkylation sites (tertiary alicyclic amines) is 1. The molecule has 0 spiro atoms. The van der Waals surface area contributed by atoms with Crippen molar-refractivity contribution in [1.29, 1.82) is 0 Å². The van der Waals surface area contributed by atoms with Gasteiger partial charge in [-0.05, 0) is 84.9 Å². The van der Waals surface area contributed by atoms with E-state index in [9.17, 15) is 14.0 Å². The van der Waals surface area contributed by atoms with Gasteiger partial charge in [0, 0.05) is 43.7 Å². The van der Waals surface area contributed by atoms with E-state index in [-0.39, 0.29) is 35.6 Å². The maximum absolute atomic E-state index is 14.2. The van der Waals surface area contributed by atoms with Crippen molar-refractivity contribution in [3.8, 4) is 0 Å². The van der Waals surface area contributed by atoms with Crippen LogP contribution in [0, 0.1) is 5.82 Å². The summed E-state index contributed by atoms with van der Waals surface area (Å²) in [5.41, 5.74) is 2.93. The fourth-order valence-corrected chi connectivity index (χ4v) is 6.80. The lowest BCUT2D eigenvalue weighted by atomic mass is 9.90. The molecule has 4 aromatic carbocycles. The van der Waals surface area contributed by atoms with Crippen LogP contribution >= 0.6 is 0 Å². The quantitative estimate of drug-likeness (QED) is 0.233. The number of nitrogens with zero attached hydrogens (tertiary/aromatic N) is 2. The molecule has 0 aromatic heterocycles. The van der Waals surface area contributed by atoms with Crippen LogP contribution in [-0.2, 0) is 4.79 Å². The minimum atomic E-state index is -0.320. The van der Waals surface area contributed by atoms with Crippen LogP contribution in [0.2, 0.25) is 0 Å². The van der Waals surface area contributed by atoms with E-state index < -0.39 is 0 Å². The van der Waals surface area contributed by atoms with E-state index in [0.717, 1.165) is 43.2 Å². The van der Waals surface area contributed by atoms with Gasteiger partial charge in [0.05, 0.1) is 6.04 Å². The van der Waals surface area contributed by atoms with Crippen molar-refractivity contribution in [2.24, 2.45) is 0 Å².